The van der Waals surface area contributed by atoms with E-state index in [0.29, 0.717) is 12.0 Å². The van der Waals surface area contributed by atoms with E-state index in [2.05, 4.69) is 16.0 Å². The molecule has 1 aliphatic heterocycles. The fourth-order valence-corrected chi connectivity index (χ4v) is 3.90. The highest BCUT2D eigenvalue weighted by Crippen LogP contribution is 2.36. The minimum Gasteiger partial charge on any atom is -0.481 e. The van der Waals surface area contributed by atoms with Crippen LogP contribution in [0.4, 0.5) is 0 Å². The zero-order chi connectivity index (χ0) is 13.9. The number of nitrogens with zero attached hydrogens (tertiary/aromatic N) is 2. The Balaban J connectivity index is 1.72. The lowest BCUT2D eigenvalue weighted by Crippen LogP contribution is -2.38. The van der Waals surface area contributed by atoms with E-state index in [1.54, 1.807) is 13.3 Å². The van der Waals surface area contributed by atoms with Gasteiger partial charge in [0.05, 0.1) is 13.2 Å². The molecule has 0 amide bonds. The van der Waals surface area contributed by atoms with Crippen molar-refractivity contribution in [1.82, 2.24) is 9.88 Å². The first-order valence-electron chi connectivity index (χ1n) is 7.69. The summed E-state index contributed by atoms with van der Waals surface area (Å²) in [5.41, 5.74) is 1.15. The van der Waals surface area contributed by atoms with E-state index in [4.69, 9.17) is 4.74 Å². The van der Waals surface area contributed by atoms with Crippen molar-refractivity contribution in [3.63, 3.8) is 0 Å². The van der Waals surface area contributed by atoms with Gasteiger partial charge in [0.25, 0.3) is 0 Å². The van der Waals surface area contributed by atoms with Gasteiger partial charge in [0, 0.05) is 30.3 Å². The molecule has 4 nitrogen and oxygen atoms in total. The molecule has 1 aliphatic carbocycles. The maximum atomic E-state index is 10.2. The third-order valence-electron chi connectivity index (χ3n) is 4.86. The van der Waals surface area contributed by atoms with E-state index >= 15 is 0 Å². The molecule has 1 N–H and O–H groups in total. The lowest BCUT2D eigenvalue weighted by Gasteiger charge is -2.31. The van der Waals surface area contributed by atoms with Crippen LogP contribution in [-0.2, 0) is 6.54 Å². The summed E-state index contributed by atoms with van der Waals surface area (Å²) in [5, 5.41) is 10.2. The van der Waals surface area contributed by atoms with E-state index in [1.165, 1.54) is 25.7 Å². The molecule has 1 aromatic rings. The van der Waals surface area contributed by atoms with Crippen LogP contribution in [0.1, 0.15) is 37.7 Å². The smallest absolute Gasteiger partial charge is 0.217 e. The molecule has 2 heterocycles. The highest BCUT2D eigenvalue weighted by Gasteiger charge is 2.38. The standard InChI is InChI=1S/C16H24N2O2/c1-20-16-12(5-3-9-17-16)11-18-10-4-7-14(18)13-6-2-8-15(13)19/h3,5,9,13-15,19H,2,4,6-8,10-11H2,1H3. The summed E-state index contributed by atoms with van der Waals surface area (Å²) in [6, 6.07) is 4.58. The van der Waals surface area contributed by atoms with Crippen molar-refractivity contribution >= 4 is 0 Å². The molecule has 0 radical (unpaired) electrons. The molecule has 110 valence electrons. The molecule has 1 aromatic heterocycles. The number of aliphatic hydroxyl groups is 1. The van der Waals surface area contributed by atoms with Crippen LogP contribution in [0.25, 0.3) is 0 Å². The zero-order valence-corrected chi connectivity index (χ0v) is 12.2. The average Bonchev–Trinajstić information content (AvgIpc) is 3.08. The summed E-state index contributed by atoms with van der Waals surface area (Å²) in [6.07, 6.45) is 7.44. The van der Waals surface area contributed by atoms with Gasteiger partial charge in [-0.3, -0.25) is 4.90 Å². The quantitative estimate of drug-likeness (QED) is 0.916. The van der Waals surface area contributed by atoms with Gasteiger partial charge in [0.2, 0.25) is 5.88 Å². The van der Waals surface area contributed by atoms with E-state index in [1.807, 2.05) is 6.07 Å². The maximum absolute atomic E-state index is 10.2. The molecule has 2 fully saturated rings. The van der Waals surface area contributed by atoms with Crippen molar-refractivity contribution in [2.24, 2.45) is 5.92 Å². The van der Waals surface area contributed by atoms with Gasteiger partial charge in [0.15, 0.2) is 0 Å². The van der Waals surface area contributed by atoms with Crippen LogP contribution in [0.3, 0.4) is 0 Å². The minimum atomic E-state index is -0.101. The molecule has 0 spiro atoms. The SMILES string of the molecule is COc1ncccc1CN1CCCC1C1CCCC1O. The fourth-order valence-electron chi connectivity index (χ4n) is 3.90. The molecule has 3 unspecified atom stereocenters. The molecule has 4 heteroatoms. The van der Waals surface area contributed by atoms with Crippen molar-refractivity contribution in [1.29, 1.82) is 0 Å². The second-order valence-corrected chi connectivity index (χ2v) is 6.01. The number of pyridine rings is 1. The summed E-state index contributed by atoms with van der Waals surface area (Å²) < 4.78 is 5.35. The normalized spacial score (nSPS) is 30.8. The van der Waals surface area contributed by atoms with Crippen molar-refractivity contribution in [3.05, 3.63) is 23.9 Å². The first-order chi connectivity index (χ1) is 9.79. The Morgan fingerprint density at radius 3 is 3.00 bits per heavy atom. The molecule has 0 bridgehead atoms. The topological polar surface area (TPSA) is 45.6 Å². The number of methoxy groups -OCH3 is 1. The van der Waals surface area contributed by atoms with Crippen LogP contribution in [0.2, 0.25) is 0 Å². The molecule has 20 heavy (non-hydrogen) atoms. The predicted octanol–water partition coefficient (Wildman–Crippen LogP) is 2.22. The molecule has 0 aromatic carbocycles. The van der Waals surface area contributed by atoms with Gasteiger partial charge in [-0.1, -0.05) is 12.5 Å². The Hall–Kier alpha value is -1.13. The third-order valence-corrected chi connectivity index (χ3v) is 4.86. The summed E-state index contributed by atoms with van der Waals surface area (Å²) in [5.74, 6) is 1.19. The Morgan fingerprint density at radius 2 is 2.25 bits per heavy atom. The van der Waals surface area contributed by atoms with E-state index in [9.17, 15) is 5.11 Å². The van der Waals surface area contributed by atoms with Crippen LogP contribution in [0.5, 0.6) is 5.88 Å². The Kier molecular flexibility index (Phi) is 4.22. The van der Waals surface area contributed by atoms with Gasteiger partial charge in [-0.15, -0.1) is 0 Å². The predicted molar refractivity (Wildman–Crippen MR) is 77.6 cm³/mol. The molecule has 3 atom stereocenters. The maximum Gasteiger partial charge on any atom is 0.217 e. The number of aromatic nitrogens is 1. The van der Waals surface area contributed by atoms with E-state index in [-0.39, 0.29) is 6.10 Å². The Labute approximate surface area is 120 Å². The summed E-state index contributed by atoms with van der Waals surface area (Å²) >= 11 is 0. The average molecular weight is 276 g/mol. The Morgan fingerprint density at radius 1 is 1.35 bits per heavy atom. The van der Waals surface area contributed by atoms with Gasteiger partial charge >= 0.3 is 0 Å². The third kappa shape index (κ3) is 2.67. The number of hydrogen-bond acceptors (Lipinski definition) is 4. The molecule has 1 saturated heterocycles. The zero-order valence-electron chi connectivity index (χ0n) is 12.2. The van der Waals surface area contributed by atoms with Crippen LogP contribution in [0.15, 0.2) is 18.3 Å². The minimum absolute atomic E-state index is 0.101. The lowest BCUT2D eigenvalue weighted by molar-refractivity contribution is 0.0715. The Bertz CT molecular complexity index is 452. The summed E-state index contributed by atoms with van der Waals surface area (Å²) in [7, 11) is 1.67. The summed E-state index contributed by atoms with van der Waals surface area (Å²) in [4.78, 5) is 6.79. The largest absolute Gasteiger partial charge is 0.481 e. The number of likely N-dealkylation sites (tertiary alicyclic amines) is 1. The van der Waals surface area contributed by atoms with Crippen LogP contribution < -0.4 is 4.74 Å². The first kappa shape index (κ1) is 13.8. The monoisotopic (exact) mass is 276 g/mol. The lowest BCUT2D eigenvalue weighted by atomic mass is 9.94. The highest BCUT2D eigenvalue weighted by atomic mass is 16.5. The second-order valence-electron chi connectivity index (χ2n) is 6.01. The fraction of sp³-hybridized carbons (Fsp3) is 0.688. The summed E-state index contributed by atoms with van der Waals surface area (Å²) in [6.45, 7) is 2.00. The highest BCUT2D eigenvalue weighted by molar-refractivity contribution is 5.25. The molecule has 3 rings (SSSR count). The van der Waals surface area contributed by atoms with E-state index in [0.717, 1.165) is 31.0 Å². The van der Waals surface area contributed by atoms with Gasteiger partial charge in [0.1, 0.15) is 0 Å². The van der Waals surface area contributed by atoms with Gasteiger partial charge in [-0.25, -0.2) is 4.98 Å². The van der Waals surface area contributed by atoms with Crippen molar-refractivity contribution in [2.75, 3.05) is 13.7 Å². The molecule has 2 aliphatic rings. The number of hydrogen-bond donors (Lipinski definition) is 1. The van der Waals surface area contributed by atoms with E-state index < -0.39 is 0 Å². The number of rotatable bonds is 4. The second kappa shape index (κ2) is 6.10. The van der Waals surface area contributed by atoms with Crippen LogP contribution in [-0.4, -0.2) is 40.8 Å². The van der Waals surface area contributed by atoms with Crippen LogP contribution >= 0.6 is 0 Å². The molecular weight excluding hydrogens is 252 g/mol. The number of ether oxygens (including phenoxy) is 1. The van der Waals surface area contributed by atoms with Crippen molar-refractivity contribution in [3.8, 4) is 5.88 Å². The van der Waals surface area contributed by atoms with Crippen molar-refractivity contribution < 1.29 is 9.84 Å². The molecular formula is C16H24N2O2. The molecule has 1 saturated carbocycles. The van der Waals surface area contributed by atoms with Crippen LogP contribution in [0, 0.1) is 5.92 Å². The number of aliphatic hydroxyl groups excluding tert-OH is 1. The van der Waals surface area contributed by atoms with Gasteiger partial charge in [-0.05, 0) is 38.3 Å². The van der Waals surface area contributed by atoms with Crippen molar-refractivity contribution in [2.45, 2.75) is 50.8 Å². The first-order valence-corrected chi connectivity index (χ1v) is 7.69. The van der Waals surface area contributed by atoms with Gasteiger partial charge < -0.3 is 9.84 Å². The van der Waals surface area contributed by atoms with Gasteiger partial charge in [-0.2, -0.15) is 0 Å².